The molecule has 0 atom stereocenters. The number of hydrogen-bond donors (Lipinski definition) is 2. The quantitative estimate of drug-likeness (QED) is 0.345. The second kappa shape index (κ2) is 8.50. The Morgan fingerprint density at radius 3 is 2.29 bits per heavy atom. The summed E-state index contributed by atoms with van der Waals surface area (Å²) in [5, 5.41) is 22.4. The SMILES string of the molecule is Cc1ccc2c(c1)/C(=N/O)c1cc(S(=O)(=O)N3CCN(c4cccc(CO)c4F)CC3)ccc1-2. The van der Waals surface area contributed by atoms with Gasteiger partial charge in [0.05, 0.1) is 17.2 Å². The maximum atomic E-state index is 14.6. The van der Waals surface area contributed by atoms with E-state index in [9.17, 15) is 23.1 Å². The van der Waals surface area contributed by atoms with Crippen molar-refractivity contribution in [1.29, 1.82) is 0 Å². The number of hydrogen-bond acceptors (Lipinski definition) is 6. The van der Waals surface area contributed by atoms with Crippen LogP contribution in [0.5, 0.6) is 0 Å². The van der Waals surface area contributed by atoms with Gasteiger partial charge in [0.1, 0.15) is 5.71 Å². The third kappa shape index (κ3) is 3.56. The van der Waals surface area contributed by atoms with Crippen molar-refractivity contribution in [2.45, 2.75) is 18.4 Å². The zero-order valence-corrected chi connectivity index (χ0v) is 19.4. The molecule has 1 fully saturated rings. The van der Waals surface area contributed by atoms with Crippen molar-refractivity contribution in [2.24, 2.45) is 5.16 Å². The number of aliphatic hydroxyl groups excluding tert-OH is 1. The fourth-order valence-electron chi connectivity index (χ4n) is 4.71. The summed E-state index contributed by atoms with van der Waals surface area (Å²) < 4.78 is 42.8. The molecule has 9 heteroatoms. The molecule has 0 radical (unpaired) electrons. The first-order chi connectivity index (χ1) is 16.3. The molecule has 0 saturated carbocycles. The number of rotatable bonds is 4. The van der Waals surface area contributed by atoms with Crippen LogP contribution in [0.4, 0.5) is 10.1 Å². The monoisotopic (exact) mass is 481 g/mol. The molecule has 0 unspecified atom stereocenters. The van der Waals surface area contributed by atoms with E-state index in [1.165, 1.54) is 10.4 Å². The number of aliphatic hydroxyl groups is 1. The third-order valence-corrected chi connectivity index (χ3v) is 8.41. The van der Waals surface area contributed by atoms with Gasteiger partial charge in [-0.25, -0.2) is 12.8 Å². The number of aryl methyl sites for hydroxylation is 1. The molecular formula is C25H24FN3O4S. The Bertz CT molecular complexity index is 1410. The largest absolute Gasteiger partial charge is 0.410 e. The van der Waals surface area contributed by atoms with E-state index >= 15 is 0 Å². The van der Waals surface area contributed by atoms with E-state index in [1.54, 1.807) is 35.2 Å². The number of piperazine rings is 1. The highest BCUT2D eigenvalue weighted by Crippen LogP contribution is 2.39. The fraction of sp³-hybridized carbons (Fsp3) is 0.240. The molecule has 0 aromatic heterocycles. The highest BCUT2D eigenvalue weighted by molar-refractivity contribution is 7.89. The van der Waals surface area contributed by atoms with Gasteiger partial charge in [-0.2, -0.15) is 4.31 Å². The van der Waals surface area contributed by atoms with Crippen molar-refractivity contribution >= 4 is 21.4 Å². The van der Waals surface area contributed by atoms with Gasteiger partial charge in [-0.3, -0.25) is 0 Å². The van der Waals surface area contributed by atoms with Crippen LogP contribution in [0.1, 0.15) is 22.3 Å². The van der Waals surface area contributed by atoms with Gasteiger partial charge >= 0.3 is 0 Å². The number of fused-ring (bicyclic) bond motifs is 3. The lowest BCUT2D eigenvalue weighted by molar-refractivity contribution is 0.275. The molecule has 7 nitrogen and oxygen atoms in total. The fourth-order valence-corrected chi connectivity index (χ4v) is 6.16. The molecule has 1 heterocycles. The van der Waals surface area contributed by atoms with E-state index in [0.717, 1.165) is 22.3 Å². The molecule has 176 valence electrons. The summed E-state index contributed by atoms with van der Waals surface area (Å²) in [6.45, 7) is 2.59. The number of sulfonamides is 1. The van der Waals surface area contributed by atoms with Crippen LogP contribution < -0.4 is 4.90 Å². The van der Waals surface area contributed by atoms with Crippen molar-refractivity contribution in [3.05, 3.63) is 82.7 Å². The van der Waals surface area contributed by atoms with Gasteiger partial charge in [0.25, 0.3) is 0 Å². The van der Waals surface area contributed by atoms with Gasteiger partial charge in [-0.15, -0.1) is 0 Å². The molecule has 2 aliphatic rings. The molecule has 0 bridgehead atoms. The Kier molecular flexibility index (Phi) is 5.63. The zero-order valence-electron chi connectivity index (χ0n) is 18.6. The van der Waals surface area contributed by atoms with E-state index in [0.29, 0.717) is 30.1 Å². The van der Waals surface area contributed by atoms with E-state index in [4.69, 9.17) is 0 Å². The van der Waals surface area contributed by atoms with Crippen molar-refractivity contribution < 1.29 is 23.1 Å². The van der Waals surface area contributed by atoms with E-state index in [1.807, 2.05) is 25.1 Å². The molecule has 3 aromatic rings. The summed E-state index contributed by atoms with van der Waals surface area (Å²) in [6.07, 6.45) is 0. The lowest BCUT2D eigenvalue weighted by Gasteiger charge is -2.35. The highest BCUT2D eigenvalue weighted by atomic mass is 32.2. The second-order valence-corrected chi connectivity index (χ2v) is 10.4. The van der Waals surface area contributed by atoms with Gasteiger partial charge in [-0.1, -0.05) is 41.1 Å². The lowest BCUT2D eigenvalue weighted by Crippen LogP contribution is -2.49. The number of halogens is 1. The minimum Gasteiger partial charge on any atom is -0.410 e. The predicted molar refractivity (Wildman–Crippen MR) is 127 cm³/mol. The summed E-state index contributed by atoms with van der Waals surface area (Å²) in [7, 11) is -3.80. The Hall–Kier alpha value is -3.27. The molecular weight excluding hydrogens is 457 g/mol. The molecule has 2 N–H and O–H groups in total. The minimum atomic E-state index is -3.80. The Balaban J connectivity index is 1.40. The van der Waals surface area contributed by atoms with Crippen LogP contribution in [0.2, 0.25) is 0 Å². The van der Waals surface area contributed by atoms with E-state index < -0.39 is 22.4 Å². The van der Waals surface area contributed by atoms with Crippen LogP contribution >= 0.6 is 0 Å². The molecule has 1 aliphatic heterocycles. The van der Waals surface area contributed by atoms with Crippen LogP contribution in [-0.2, 0) is 16.6 Å². The average molecular weight is 482 g/mol. The summed E-state index contributed by atoms with van der Waals surface area (Å²) in [5.41, 5.74) is 5.01. The second-order valence-electron chi connectivity index (χ2n) is 8.50. The van der Waals surface area contributed by atoms with Crippen molar-refractivity contribution in [3.63, 3.8) is 0 Å². The zero-order chi connectivity index (χ0) is 24.0. The van der Waals surface area contributed by atoms with Crippen molar-refractivity contribution in [3.8, 4) is 11.1 Å². The first-order valence-electron chi connectivity index (χ1n) is 11.0. The van der Waals surface area contributed by atoms with E-state index in [2.05, 4.69) is 5.16 Å². The third-order valence-electron chi connectivity index (χ3n) is 6.51. The van der Waals surface area contributed by atoms with Gasteiger partial charge in [-0.05, 0) is 42.3 Å². The van der Waals surface area contributed by atoms with Crippen LogP contribution in [0.15, 0.2) is 64.6 Å². The smallest absolute Gasteiger partial charge is 0.243 e. The first kappa shape index (κ1) is 22.5. The van der Waals surface area contributed by atoms with Gasteiger partial charge in [0, 0.05) is 42.9 Å². The van der Waals surface area contributed by atoms with Gasteiger partial charge in [0.2, 0.25) is 10.0 Å². The Labute approximate surface area is 197 Å². The van der Waals surface area contributed by atoms with Crippen molar-refractivity contribution in [1.82, 2.24) is 4.31 Å². The number of oxime groups is 1. The summed E-state index contributed by atoms with van der Waals surface area (Å²) in [6, 6.07) is 15.6. The number of anilines is 1. The normalized spacial score (nSPS) is 17.1. The maximum absolute atomic E-state index is 14.6. The Morgan fingerprint density at radius 1 is 0.941 bits per heavy atom. The molecule has 5 rings (SSSR count). The molecule has 1 aliphatic carbocycles. The number of nitrogens with zero attached hydrogens (tertiary/aromatic N) is 3. The minimum absolute atomic E-state index is 0.124. The van der Waals surface area contributed by atoms with Crippen molar-refractivity contribution in [2.75, 3.05) is 31.1 Å². The van der Waals surface area contributed by atoms with Gasteiger partial charge in [0.15, 0.2) is 5.82 Å². The molecule has 0 amide bonds. The number of benzene rings is 3. The van der Waals surface area contributed by atoms with Crippen LogP contribution in [0.25, 0.3) is 11.1 Å². The maximum Gasteiger partial charge on any atom is 0.243 e. The topological polar surface area (TPSA) is 93.4 Å². The predicted octanol–water partition coefficient (Wildman–Crippen LogP) is 3.34. The molecule has 1 saturated heterocycles. The summed E-state index contributed by atoms with van der Waals surface area (Å²) in [4.78, 5) is 1.91. The van der Waals surface area contributed by atoms with Crippen LogP contribution in [0, 0.1) is 12.7 Å². The van der Waals surface area contributed by atoms with E-state index in [-0.39, 0.29) is 23.5 Å². The highest BCUT2D eigenvalue weighted by Gasteiger charge is 2.32. The van der Waals surface area contributed by atoms with Crippen LogP contribution in [0.3, 0.4) is 0 Å². The average Bonchev–Trinajstić information content (AvgIpc) is 3.16. The standard InChI is InChI=1S/C25H24FN3O4S/c1-16-5-7-19-20-8-6-18(14-22(20)25(27-31)21(19)13-16)34(32,33)29-11-9-28(10-12-29)23-4-2-3-17(15-30)24(23)26/h2-8,13-14,30-31H,9-12,15H2,1H3/b27-25-. The van der Waals surface area contributed by atoms with Crippen LogP contribution in [-0.4, -0.2) is 54.9 Å². The molecule has 0 spiro atoms. The van der Waals surface area contributed by atoms with Gasteiger partial charge < -0.3 is 15.2 Å². The lowest BCUT2D eigenvalue weighted by atomic mass is 10.0. The summed E-state index contributed by atoms with van der Waals surface area (Å²) in [5.74, 6) is -0.481. The molecule has 34 heavy (non-hydrogen) atoms. The first-order valence-corrected chi connectivity index (χ1v) is 12.4. The molecule has 3 aromatic carbocycles. The Morgan fingerprint density at radius 2 is 1.62 bits per heavy atom. The summed E-state index contributed by atoms with van der Waals surface area (Å²) >= 11 is 0.